The van der Waals surface area contributed by atoms with Gasteiger partial charge in [0.25, 0.3) is 0 Å². The van der Waals surface area contributed by atoms with Gasteiger partial charge in [-0.2, -0.15) is 0 Å². The lowest BCUT2D eigenvalue weighted by Gasteiger charge is -2.35. The highest BCUT2D eigenvalue weighted by Crippen LogP contribution is 2.23. The van der Waals surface area contributed by atoms with E-state index in [1.807, 2.05) is 42.2 Å². The molecule has 1 aliphatic rings. The highest BCUT2D eigenvalue weighted by molar-refractivity contribution is 5.79. The third-order valence-electron chi connectivity index (χ3n) is 3.68. The summed E-state index contributed by atoms with van der Waals surface area (Å²) < 4.78 is 5.77. The van der Waals surface area contributed by atoms with Gasteiger partial charge in [-0.05, 0) is 12.0 Å². The third-order valence-corrected chi connectivity index (χ3v) is 3.68. The number of carbonyl (C=O) groups excluding carboxylic acids is 1. The number of carbonyl (C=O) groups is 1. The second-order valence-corrected chi connectivity index (χ2v) is 4.90. The Bertz CT molecular complexity index is 404. The lowest BCUT2D eigenvalue weighted by Crippen LogP contribution is -2.46. The van der Waals surface area contributed by atoms with Crippen LogP contribution in [0.5, 0.6) is 0 Å². The molecule has 4 nitrogen and oxygen atoms in total. The maximum Gasteiger partial charge on any atom is 0.227 e. The van der Waals surface area contributed by atoms with E-state index in [-0.39, 0.29) is 17.9 Å². The van der Waals surface area contributed by atoms with Crippen LogP contribution in [0.1, 0.15) is 25.0 Å². The standard InChI is InChI=1S/C15H22N2O2/c1-2-12(10-16)15(18)17-8-9-19-14(11-17)13-6-4-3-5-7-13/h3-7,12,14H,2,8-11,16H2,1H3. The van der Waals surface area contributed by atoms with E-state index in [2.05, 4.69) is 0 Å². The topological polar surface area (TPSA) is 55.6 Å². The van der Waals surface area contributed by atoms with Crippen molar-refractivity contribution < 1.29 is 9.53 Å². The molecule has 0 radical (unpaired) electrons. The second kappa shape index (κ2) is 6.68. The van der Waals surface area contributed by atoms with Gasteiger partial charge in [0.15, 0.2) is 0 Å². The molecule has 104 valence electrons. The Morgan fingerprint density at radius 3 is 2.84 bits per heavy atom. The molecule has 2 N–H and O–H groups in total. The molecule has 0 aliphatic carbocycles. The summed E-state index contributed by atoms with van der Waals surface area (Å²) in [6, 6.07) is 10.1. The zero-order chi connectivity index (χ0) is 13.7. The van der Waals surface area contributed by atoms with Gasteiger partial charge in [-0.25, -0.2) is 0 Å². The molecule has 1 aromatic rings. The van der Waals surface area contributed by atoms with E-state index in [0.717, 1.165) is 12.0 Å². The zero-order valence-corrected chi connectivity index (χ0v) is 11.4. The fourth-order valence-electron chi connectivity index (χ4n) is 2.42. The Morgan fingerprint density at radius 2 is 2.21 bits per heavy atom. The summed E-state index contributed by atoms with van der Waals surface area (Å²) in [4.78, 5) is 14.2. The zero-order valence-electron chi connectivity index (χ0n) is 11.4. The van der Waals surface area contributed by atoms with Crippen molar-refractivity contribution in [1.29, 1.82) is 0 Å². The molecule has 1 saturated heterocycles. The van der Waals surface area contributed by atoms with Gasteiger partial charge >= 0.3 is 0 Å². The summed E-state index contributed by atoms with van der Waals surface area (Å²) >= 11 is 0. The van der Waals surface area contributed by atoms with Crippen LogP contribution >= 0.6 is 0 Å². The van der Waals surface area contributed by atoms with Gasteiger partial charge in [-0.3, -0.25) is 4.79 Å². The van der Waals surface area contributed by atoms with Gasteiger partial charge < -0.3 is 15.4 Å². The number of rotatable bonds is 4. The maximum absolute atomic E-state index is 12.3. The van der Waals surface area contributed by atoms with Crippen molar-refractivity contribution in [3.05, 3.63) is 35.9 Å². The SMILES string of the molecule is CCC(CN)C(=O)N1CCOC(c2ccccc2)C1. The van der Waals surface area contributed by atoms with Gasteiger partial charge in [0.1, 0.15) is 6.10 Å². The molecule has 19 heavy (non-hydrogen) atoms. The number of hydrogen-bond acceptors (Lipinski definition) is 3. The van der Waals surface area contributed by atoms with Crippen molar-refractivity contribution in [3.63, 3.8) is 0 Å². The number of nitrogens with two attached hydrogens (primary N) is 1. The molecule has 2 atom stereocenters. The average molecular weight is 262 g/mol. The summed E-state index contributed by atoms with van der Waals surface area (Å²) in [5, 5.41) is 0. The largest absolute Gasteiger partial charge is 0.370 e. The first kappa shape index (κ1) is 14.0. The molecule has 2 rings (SSSR count). The Balaban J connectivity index is 2.03. The van der Waals surface area contributed by atoms with Gasteiger partial charge in [-0.1, -0.05) is 37.3 Å². The molecular weight excluding hydrogens is 240 g/mol. The summed E-state index contributed by atoms with van der Waals surface area (Å²) in [7, 11) is 0. The normalized spacial score (nSPS) is 21.2. The van der Waals surface area contributed by atoms with E-state index >= 15 is 0 Å². The molecule has 0 spiro atoms. The maximum atomic E-state index is 12.3. The molecule has 1 fully saturated rings. The van der Waals surface area contributed by atoms with Crippen LogP contribution in [-0.2, 0) is 9.53 Å². The van der Waals surface area contributed by atoms with E-state index in [4.69, 9.17) is 10.5 Å². The molecule has 2 unspecified atom stereocenters. The van der Waals surface area contributed by atoms with Crippen molar-refractivity contribution >= 4 is 5.91 Å². The van der Waals surface area contributed by atoms with E-state index in [1.54, 1.807) is 0 Å². The van der Waals surface area contributed by atoms with Crippen LogP contribution in [-0.4, -0.2) is 37.0 Å². The Kier molecular flexibility index (Phi) is 4.93. The molecular formula is C15H22N2O2. The van der Waals surface area contributed by atoms with Crippen LogP contribution in [0.2, 0.25) is 0 Å². The number of nitrogens with zero attached hydrogens (tertiary/aromatic N) is 1. The van der Waals surface area contributed by atoms with Crippen molar-refractivity contribution in [3.8, 4) is 0 Å². The number of amides is 1. The molecule has 1 aliphatic heterocycles. The van der Waals surface area contributed by atoms with Crippen molar-refractivity contribution in [2.45, 2.75) is 19.4 Å². The fourth-order valence-corrected chi connectivity index (χ4v) is 2.42. The monoisotopic (exact) mass is 262 g/mol. The molecule has 0 bridgehead atoms. The summed E-state index contributed by atoms with van der Waals surface area (Å²) in [6.07, 6.45) is 0.775. The summed E-state index contributed by atoms with van der Waals surface area (Å²) in [5.41, 5.74) is 6.78. The Hall–Kier alpha value is -1.39. The molecule has 1 aromatic carbocycles. The number of ether oxygens (including phenoxy) is 1. The minimum Gasteiger partial charge on any atom is -0.370 e. The predicted octanol–water partition coefficient (Wildman–Crippen LogP) is 1.57. The van der Waals surface area contributed by atoms with Gasteiger partial charge in [0, 0.05) is 13.1 Å². The molecule has 4 heteroatoms. The predicted molar refractivity (Wildman–Crippen MR) is 74.6 cm³/mol. The number of hydrogen-bond donors (Lipinski definition) is 1. The molecule has 1 heterocycles. The number of morpholine rings is 1. The van der Waals surface area contributed by atoms with Crippen LogP contribution in [0.25, 0.3) is 0 Å². The quantitative estimate of drug-likeness (QED) is 0.896. The van der Waals surface area contributed by atoms with Crippen LogP contribution in [0.15, 0.2) is 30.3 Å². The van der Waals surface area contributed by atoms with E-state index < -0.39 is 0 Å². The van der Waals surface area contributed by atoms with Crippen molar-refractivity contribution in [1.82, 2.24) is 4.90 Å². The van der Waals surface area contributed by atoms with Crippen LogP contribution < -0.4 is 5.73 Å². The van der Waals surface area contributed by atoms with Gasteiger partial charge in [0.2, 0.25) is 5.91 Å². The molecule has 1 amide bonds. The minimum absolute atomic E-state index is 0.0193. The Morgan fingerprint density at radius 1 is 1.47 bits per heavy atom. The average Bonchev–Trinajstić information content (AvgIpc) is 2.49. The van der Waals surface area contributed by atoms with Gasteiger partial charge in [-0.15, -0.1) is 0 Å². The first-order valence-electron chi connectivity index (χ1n) is 6.91. The lowest BCUT2D eigenvalue weighted by atomic mass is 10.0. The van der Waals surface area contributed by atoms with Crippen LogP contribution in [0.4, 0.5) is 0 Å². The smallest absolute Gasteiger partial charge is 0.227 e. The first-order chi connectivity index (χ1) is 9.26. The van der Waals surface area contributed by atoms with Crippen LogP contribution in [0.3, 0.4) is 0 Å². The lowest BCUT2D eigenvalue weighted by molar-refractivity contribution is -0.143. The number of benzene rings is 1. The van der Waals surface area contributed by atoms with Crippen molar-refractivity contribution in [2.75, 3.05) is 26.2 Å². The second-order valence-electron chi connectivity index (χ2n) is 4.90. The van der Waals surface area contributed by atoms with E-state index in [1.165, 1.54) is 0 Å². The van der Waals surface area contributed by atoms with E-state index in [9.17, 15) is 4.79 Å². The third kappa shape index (κ3) is 3.33. The molecule has 0 saturated carbocycles. The van der Waals surface area contributed by atoms with Crippen LogP contribution in [0, 0.1) is 5.92 Å². The fraction of sp³-hybridized carbons (Fsp3) is 0.533. The first-order valence-corrected chi connectivity index (χ1v) is 6.91. The minimum atomic E-state index is -0.0606. The summed E-state index contributed by atoms with van der Waals surface area (Å²) in [6.45, 7) is 4.30. The molecule has 0 aromatic heterocycles. The van der Waals surface area contributed by atoms with Gasteiger partial charge in [0.05, 0.1) is 19.1 Å². The summed E-state index contributed by atoms with van der Waals surface area (Å²) in [5.74, 6) is 0.101. The highest BCUT2D eigenvalue weighted by atomic mass is 16.5. The van der Waals surface area contributed by atoms with Crippen molar-refractivity contribution in [2.24, 2.45) is 11.7 Å². The highest BCUT2D eigenvalue weighted by Gasteiger charge is 2.28. The Labute approximate surface area is 114 Å². The van der Waals surface area contributed by atoms with E-state index in [0.29, 0.717) is 26.2 Å².